The standard InChI is InChI=1S/C18H28N2O2/c1-4-22-16-10-8-15(9-11-16)17(21)19-14-18(20(2)3)12-6-5-7-13-18/h8-11H,4-7,12-14H2,1-3H3,(H,19,21). The summed E-state index contributed by atoms with van der Waals surface area (Å²) in [6.45, 7) is 3.30. The number of benzene rings is 1. The summed E-state index contributed by atoms with van der Waals surface area (Å²) in [6, 6.07) is 7.34. The molecular formula is C18H28N2O2. The van der Waals surface area contributed by atoms with Gasteiger partial charge in [-0.05, 0) is 58.1 Å². The molecule has 1 aromatic rings. The lowest BCUT2D eigenvalue weighted by Gasteiger charge is -2.43. The number of amides is 1. The first-order valence-electron chi connectivity index (χ1n) is 8.26. The minimum atomic E-state index is -0.00477. The first kappa shape index (κ1) is 16.8. The van der Waals surface area contributed by atoms with Gasteiger partial charge in [0.2, 0.25) is 0 Å². The monoisotopic (exact) mass is 304 g/mol. The van der Waals surface area contributed by atoms with Gasteiger partial charge in [0, 0.05) is 17.6 Å². The number of rotatable bonds is 6. The van der Waals surface area contributed by atoms with Crippen LogP contribution in [0.25, 0.3) is 0 Å². The molecule has 1 amide bonds. The molecule has 1 N–H and O–H groups in total. The molecular weight excluding hydrogens is 276 g/mol. The maximum Gasteiger partial charge on any atom is 0.251 e. The second-order valence-corrected chi connectivity index (χ2v) is 6.32. The van der Waals surface area contributed by atoms with Crippen LogP contribution in [0.5, 0.6) is 5.75 Å². The van der Waals surface area contributed by atoms with Crippen LogP contribution in [-0.2, 0) is 0 Å². The van der Waals surface area contributed by atoms with E-state index in [-0.39, 0.29) is 11.4 Å². The van der Waals surface area contributed by atoms with Gasteiger partial charge in [0.15, 0.2) is 0 Å². The van der Waals surface area contributed by atoms with Gasteiger partial charge < -0.3 is 15.0 Å². The number of likely N-dealkylation sites (N-methyl/N-ethyl adjacent to an activating group) is 1. The van der Waals surface area contributed by atoms with E-state index in [0.717, 1.165) is 18.6 Å². The van der Waals surface area contributed by atoms with E-state index >= 15 is 0 Å². The van der Waals surface area contributed by atoms with Gasteiger partial charge >= 0.3 is 0 Å². The summed E-state index contributed by atoms with van der Waals surface area (Å²) in [7, 11) is 4.24. The number of carbonyl (C=O) groups excluding carboxylic acids is 1. The Labute approximate surface area is 133 Å². The number of nitrogens with one attached hydrogen (secondary N) is 1. The predicted octanol–water partition coefficient (Wildman–Crippen LogP) is 3.08. The molecule has 0 aromatic heterocycles. The van der Waals surface area contributed by atoms with Crippen LogP contribution in [0.4, 0.5) is 0 Å². The predicted molar refractivity (Wildman–Crippen MR) is 89.4 cm³/mol. The average Bonchev–Trinajstić information content (AvgIpc) is 2.54. The van der Waals surface area contributed by atoms with Gasteiger partial charge in [-0.15, -0.1) is 0 Å². The summed E-state index contributed by atoms with van der Waals surface area (Å²) >= 11 is 0. The van der Waals surface area contributed by atoms with Gasteiger partial charge in [-0.1, -0.05) is 19.3 Å². The van der Waals surface area contributed by atoms with Gasteiger partial charge in [0.05, 0.1) is 6.61 Å². The molecule has 22 heavy (non-hydrogen) atoms. The number of ether oxygens (including phenoxy) is 1. The van der Waals surface area contributed by atoms with Crippen LogP contribution in [0.2, 0.25) is 0 Å². The van der Waals surface area contributed by atoms with Crippen molar-refractivity contribution in [2.24, 2.45) is 0 Å². The van der Waals surface area contributed by atoms with Gasteiger partial charge in [-0.2, -0.15) is 0 Å². The minimum Gasteiger partial charge on any atom is -0.494 e. The molecule has 0 spiro atoms. The maximum atomic E-state index is 12.4. The second-order valence-electron chi connectivity index (χ2n) is 6.32. The summed E-state index contributed by atoms with van der Waals surface area (Å²) in [6.07, 6.45) is 6.11. The van der Waals surface area contributed by atoms with Crippen molar-refractivity contribution in [2.75, 3.05) is 27.2 Å². The van der Waals surface area contributed by atoms with Crippen molar-refractivity contribution in [3.8, 4) is 5.75 Å². The van der Waals surface area contributed by atoms with Crippen LogP contribution in [0.3, 0.4) is 0 Å². The van der Waals surface area contributed by atoms with E-state index in [0.29, 0.717) is 18.7 Å². The third-order valence-electron chi connectivity index (χ3n) is 4.74. The van der Waals surface area contributed by atoms with Crippen molar-refractivity contribution in [3.05, 3.63) is 29.8 Å². The van der Waals surface area contributed by atoms with Crippen molar-refractivity contribution in [3.63, 3.8) is 0 Å². The highest BCUT2D eigenvalue weighted by Crippen LogP contribution is 2.31. The molecule has 1 aliphatic carbocycles. The van der Waals surface area contributed by atoms with E-state index in [2.05, 4.69) is 24.3 Å². The van der Waals surface area contributed by atoms with Crippen LogP contribution in [0, 0.1) is 0 Å². The fourth-order valence-corrected chi connectivity index (χ4v) is 3.21. The van der Waals surface area contributed by atoms with Gasteiger partial charge in [0.25, 0.3) is 5.91 Å². The molecule has 122 valence electrons. The third-order valence-corrected chi connectivity index (χ3v) is 4.74. The van der Waals surface area contributed by atoms with Crippen LogP contribution >= 0.6 is 0 Å². The lowest BCUT2D eigenvalue weighted by molar-refractivity contribution is 0.0799. The number of carbonyl (C=O) groups is 1. The quantitative estimate of drug-likeness (QED) is 0.878. The smallest absolute Gasteiger partial charge is 0.251 e. The lowest BCUT2D eigenvalue weighted by Crippen LogP contribution is -2.53. The van der Waals surface area contributed by atoms with Gasteiger partial charge in [0.1, 0.15) is 5.75 Å². The molecule has 0 radical (unpaired) electrons. The minimum absolute atomic E-state index is 0.00477. The molecule has 1 saturated carbocycles. The highest BCUT2D eigenvalue weighted by Gasteiger charge is 2.34. The van der Waals surface area contributed by atoms with E-state index in [1.807, 2.05) is 31.2 Å². The largest absolute Gasteiger partial charge is 0.494 e. The van der Waals surface area contributed by atoms with Crippen molar-refractivity contribution in [2.45, 2.75) is 44.6 Å². The molecule has 0 aliphatic heterocycles. The molecule has 0 heterocycles. The van der Waals surface area contributed by atoms with Crippen molar-refractivity contribution in [1.29, 1.82) is 0 Å². The summed E-state index contributed by atoms with van der Waals surface area (Å²) in [5, 5.41) is 3.12. The summed E-state index contributed by atoms with van der Waals surface area (Å²) in [5.41, 5.74) is 0.798. The number of nitrogens with zero attached hydrogens (tertiary/aromatic N) is 1. The van der Waals surface area contributed by atoms with Crippen LogP contribution in [0.15, 0.2) is 24.3 Å². The molecule has 1 aliphatic rings. The van der Waals surface area contributed by atoms with E-state index in [1.165, 1.54) is 19.3 Å². The third kappa shape index (κ3) is 4.01. The first-order valence-corrected chi connectivity index (χ1v) is 8.26. The summed E-state index contributed by atoms with van der Waals surface area (Å²) < 4.78 is 5.40. The van der Waals surface area contributed by atoms with E-state index in [9.17, 15) is 4.79 Å². The van der Waals surface area contributed by atoms with E-state index < -0.39 is 0 Å². The van der Waals surface area contributed by atoms with Crippen LogP contribution in [-0.4, -0.2) is 43.6 Å². The highest BCUT2D eigenvalue weighted by molar-refractivity contribution is 5.94. The van der Waals surface area contributed by atoms with Crippen molar-refractivity contribution >= 4 is 5.91 Å². The fraction of sp³-hybridized carbons (Fsp3) is 0.611. The Morgan fingerprint density at radius 2 is 1.82 bits per heavy atom. The Morgan fingerprint density at radius 3 is 2.36 bits per heavy atom. The van der Waals surface area contributed by atoms with Crippen molar-refractivity contribution < 1.29 is 9.53 Å². The number of hydrogen-bond acceptors (Lipinski definition) is 3. The Morgan fingerprint density at radius 1 is 1.18 bits per heavy atom. The molecule has 0 bridgehead atoms. The topological polar surface area (TPSA) is 41.6 Å². The molecule has 4 nitrogen and oxygen atoms in total. The Bertz CT molecular complexity index is 476. The Hall–Kier alpha value is -1.55. The zero-order valence-electron chi connectivity index (χ0n) is 14.0. The Balaban J connectivity index is 1.95. The van der Waals surface area contributed by atoms with Crippen molar-refractivity contribution in [1.82, 2.24) is 10.2 Å². The van der Waals surface area contributed by atoms with Gasteiger partial charge in [-0.25, -0.2) is 0 Å². The number of hydrogen-bond donors (Lipinski definition) is 1. The fourth-order valence-electron chi connectivity index (χ4n) is 3.21. The molecule has 0 unspecified atom stereocenters. The molecule has 4 heteroatoms. The van der Waals surface area contributed by atoms with Crippen LogP contribution in [0.1, 0.15) is 49.4 Å². The molecule has 0 atom stereocenters. The zero-order valence-corrected chi connectivity index (χ0v) is 14.0. The van der Waals surface area contributed by atoms with E-state index in [1.54, 1.807) is 0 Å². The molecule has 2 rings (SSSR count). The molecule has 1 aromatic carbocycles. The van der Waals surface area contributed by atoms with Crippen LogP contribution < -0.4 is 10.1 Å². The van der Waals surface area contributed by atoms with E-state index in [4.69, 9.17) is 4.74 Å². The van der Waals surface area contributed by atoms with Gasteiger partial charge in [-0.3, -0.25) is 4.79 Å². The molecule has 0 saturated heterocycles. The summed E-state index contributed by atoms with van der Waals surface area (Å²) in [4.78, 5) is 14.6. The maximum absolute atomic E-state index is 12.4. The lowest BCUT2D eigenvalue weighted by atomic mass is 9.80. The summed E-state index contributed by atoms with van der Waals surface area (Å²) in [5.74, 6) is 0.797. The first-order chi connectivity index (χ1) is 10.6. The highest BCUT2D eigenvalue weighted by atomic mass is 16.5. The zero-order chi connectivity index (χ0) is 16.0. The molecule has 1 fully saturated rings. The normalized spacial score (nSPS) is 17.3. The SMILES string of the molecule is CCOc1ccc(C(=O)NCC2(N(C)C)CCCCC2)cc1. The average molecular weight is 304 g/mol. The second kappa shape index (κ2) is 7.63. The Kier molecular flexibility index (Phi) is 5.83.